The maximum atomic E-state index is 12.5. The van der Waals surface area contributed by atoms with E-state index in [1.807, 2.05) is 18.5 Å². The minimum Gasteiger partial charge on any atom is -0.474 e. The van der Waals surface area contributed by atoms with E-state index in [0.717, 1.165) is 47.7 Å². The lowest BCUT2D eigenvalue weighted by atomic mass is 10.0. The average molecular weight is 494 g/mol. The molecule has 0 spiro atoms. The van der Waals surface area contributed by atoms with Gasteiger partial charge in [-0.15, -0.1) is 0 Å². The normalized spacial score (nSPS) is 18.1. The largest absolute Gasteiger partial charge is 0.474 e. The number of fused-ring (bicyclic) bond motifs is 2. The van der Waals surface area contributed by atoms with Gasteiger partial charge in [0.1, 0.15) is 17.0 Å². The predicted molar refractivity (Wildman–Crippen MR) is 133 cm³/mol. The molecular weight excluding hydrogens is 466 g/mol. The molecule has 0 amide bonds. The SMILES string of the molecule is Cc1c(N2CCc3cnc(Nc4cccnc4C4(S(C)(=O)=O)CC4)nc3C2)cnc2c1NCCO2. The number of nitrogens with one attached hydrogen (secondary N) is 2. The van der Waals surface area contributed by atoms with Gasteiger partial charge in [0.25, 0.3) is 0 Å². The molecule has 10 nitrogen and oxygen atoms in total. The van der Waals surface area contributed by atoms with Gasteiger partial charge in [-0.05, 0) is 43.9 Å². The third kappa shape index (κ3) is 3.74. The third-order valence-corrected chi connectivity index (χ3v) is 9.13. The first kappa shape index (κ1) is 22.0. The second-order valence-electron chi connectivity index (χ2n) is 9.35. The van der Waals surface area contributed by atoms with Crippen molar-refractivity contribution in [2.45, 2.75) is 37.5 Å². The highest BCUT2D eigenvalue weighted by Crippen LogP contribution is 2.53. The van der Waals surface area contributed by atoms with Crippen molar-refractivity contribution in [1.29, 1.82) is 0 Å². The van der Waals surface area contributed by atoms with Crippen molar-refractivity contribution in [3.8, 4) is 5.88 Å². The van der Waals surface area contributed by atoms with E-state index in [1.54, 1.807) is 12.3 Å². The highest BCUT2D eigenvalue weighted by Gasteiger charge is 2.56. The highest BCUT2D eigenvalue weighted by atomic mass is 32.2. The Balaban J connectivity index is 1.28. The van der Waals surface area contributed by atoms with E-state index >= 15 is 0 Å². The number of nitrogens with zero attached hydrogens (tertiary/aromatic N) is 5. The molecule has 11 heteroatoms. The fraction of sp³-hybridized carbons (Fsp3) is 0.417. The highest BCUT2D eigenvalue weighted by molar-refractivity contribution is 7.92. The molecule has 0 bridgehead atoms. The van der Waals surface area contributed by atoms with Gasteiger partial charge in [-0.2, -0.15) is 0 Å². The molecule has 0 radical (unpaired) electrons. The molecule has 3 aromatic heterocycles. The fourth-order valence-corrected chi connectivity index (χ4v) is 6.34. The van der Waals surface area contributed by atoms with Gasteiger partial charge in [-0.3, -0.25) is 4.98 Å². The monoisotopic (exact) mass is 493 g/mol. The lowest BCUT2D eigenvalue weighted by Gasteiger charge is -2.32. The molecule has 0 atom stereocenters. The number of hydrogen-bond acceptors (Lipinski definition) is 10. The quantitative estimate of drug-likeness (QED) is 0.548. The summed E-state index contributed by atoms with van der Waals surface area (Å²) >= 11 is 0. The molecule has 5 heterocycles. The van der Waals surface area contributed by atoms with Crippen molar-refractivity contribution in [2.24, 2.45) is 0 Å². The molecule has 0 aromatic carbocycles. The van der Waals surface area contributed by atoms with Gasteiger partial charge in [0.15, 0.2) is 9.84 Å². The molecule has 1 fully saturated rings. The van der Waals surface area contributed by atoms with E-state index in [4.69, 9.17) is 9.72 Å². The van der Waals surface area contributed by atoms with Crippen LogP contribution in [0.15, 0.2) is 30.7 Å². The molecule has 0 unspecified atom stereocenters. The molecule has 2 aliphatic heterocycles. The zero-order chi connectivity index (χ0) is 24.2. The van der Waals surface area contributed by atoms with E-state index in [2.05, 4.69) is 37.4 Å². The van der Waals surface area contributed by atoms with Gasteiger partial charge in [-0.1, -0.05) is 0 Å². The van der Waals surface area contributed by atoms with Crippen LogP contribution in [0.1, 0.15) is 35.4 Å². The van der Waals surface area contributed by atoms with Crippen molar-refractivity contribution < 1.29 is 13.2 Å². The van der Waals surface area contributed by atoms with Gasteiger partial charge >= 0.3 is 0 Å². The maximum Gasteiger partial charge on any atom is 0.237 e. The topological polar surface area (TPSA) is 122 Å². The predicted octanol–water partition coefficient (Wildman–Crippen LogP) is 2.72. The smallest absolute Gasteiger partial charge is 0.237 e. The summed E-state index contributed by atoms with van der Waals surface area (Å²) < 4.78 is 29.7. The minimum atomic E-state index is -3.29. The van der Waals surface area contributed by atoms with Crippen LogP contribution in [-0.2, 0) is 27.5 Å². The van der Waals surface area contributed by atoms with Crippen LogP contribution in [0.5, 0.6) is 5.88 Å². The Morgan fingerprint density at radius 1 is 1.20 bits per heavy atom. The molecule has 3 aliphatic rings. The third-order valence-electron chi connectivity index (χ3n) is 7.11. The van der Waals surface area contributed by atoms with E-state index < -0.39 is 14.6 Å². The lowest BCUT2D eigenvalue weighted by molar-refractivity contribution is 0.310. The van der Waals surface area contributed by atoms with Crippen LogP contribution in [0.3, 0.4) is 0 Å². The maximum absolute atomic E-state index is 12.5. The Morgan fingerprint density at radius 3 is 2.86 bits per heavy atom. The molecule has 35 heavy (non-hydrogen) atoms. The summed E-state index contributed by atoms with van der Waals surface area (Å²) in [5.41, 5.74) is 6.33. The number of pyridine rings is 2. The molecule has 0 saturated heterocycles. The van der Waals surface area contributed by atoms with Crippen LogP contribution < -0.4 is 20.3 Å². The van der Waals surface area contributed by atoms with Gasteiger partial charge < -0.3 is 20.3 Å². The van der Waals surface area contributed by atoms with Crippen LogP contribution in [0.4, 0.5) is 23.0 Å². The van der Waals surface area contributed by atoms with Crippen LogP contribution in [-0.4, -0.2) is 54.3 Å². The zero-order valence-electron chi connectivity index (χ0n) is 19.7. The summed E-state index contributed by atoms with van der Waals surface area (Å²) in [6, 6.07) is 3.62. The fourth-order valence-electron chi connectivity index (χ4n) is 4.99. The molecule has 6 rings (SSSR count). The van der Waals surface area contributed by atoms with Crippen molar-refractivity contribution in [3.63, 3.8) is 0 Å². The number of rotatable bonds is 5. The number of ether oxygens (including phenoxy) is 1. The first-order chi connectivity index (χ1) is 16.9. The van der Waals surface area contributed by atoms with E-state index in [-0.39, 0.29) is 0 Å². The van der Waals surface area contributed by atoms with Gasteiger partial charge in [-0.25, -0.2) is 23.4 Å². The molecule has 182 valence electrons. The van der Waals surface area contributed by atoms with Crippen LogP contribution >= 0.6 is 0 Å². The van der Waals surface area contributed by atoms with Crippen LogP contribution in [0, 0.1) is 6.92 Å². The first-order valence-corrected chi connectivity index (χ1v) is 13.6. The lowest BCUT2D eigenvalue weighted by Crippen LogP contribution is -2.32. The van der Waals surface area contributed by atoms with E-state index in [1.165, 1.54) is 6.26 Å². The summed E-state index contributed by atoms with van der Waals surface area (Å²) in [7, 11) is -3.29. The van der Waals surface area contributed by atoms with Crippen molar-refractivity contribution >= 4 is 32.8 Å². The number of aromatic nitrogens is 4. The zero-order valence-corrected chi connectivity index (χ0v) is 20.5. The van der Waals surface area contributed by atoms with Crippen LogP contribution in [0.2, 0.25) is 0 Å². The summed E-state index contributed by atoms with van der Waals surface area (Å²) in [5, 5.41) is 6.64. The Hall–Kier alpha value is -3.47. The standard InChI is InChI=1S/C24H27N7O3S/c1-15-19(13-27-22-20(15)25-9-11-34-22)31-10-5-16-12-28-23(30-18(16)14-31)29-17-4-3-8-26-21(17)24(6-7-24)35(2,32)33/h3-4,8,12-13,25H,5-7,9-11,14H2,1-2H3,(H,28,29,30). The Morgan fingerprint density at radius 2 is 2.06 bits per heavy atom. The summed E-state index contributed by atoms with van der Waals surface area (Å²) in [4.78, 5) is 20.5. The summed E-state index contributed by atoms with van der Waals surface area (Å²) in [6.07, 6.45) is 8.61. The number of sulfone groups is 1. The van der Waals surface area contributed by atoms with Crippen molar-refractivity contribution in [3.05, 3.63) is 53.2 Å². The number of anilines is 4. The Labute approximate surface area is 204 Å². The minimum absolute atomic E-state index is 0.430. The van der Waals surface area contributed by atoms with Gasteiger partial charge in [0.2, 0.25) is 11.8 Å². The number of hydrogen-bond donors (Lipinski definition) is 2. The average Bonchev–Trinajstić information content (AvgIpc) is 3.67. The Bertz CT molecular complexity index is 1420. The molecular formula is C24H27N7O3S. The first-order valence-electron chi connectivity index (χ1n) is 11.7. The second-order valence-corrected chi connectivity index (χ2v) is 11.7. The van der Waals surface area contributed by atoms with Crippen molar-refractivity contribution in [1.82, 2.24) is 19.9 Å². The summed E-state index contributed by atoms with van der Waals surface area (Å²) in [6.45, 7) is 4.93. The van der Waals surface area contributed by atoms with Crippen molar-refractivity contribution in [2.75, 3.05) is 41.5 Å². The second kappa shape index (κ2) is 8.04. The molecule has 1 saturated carbocycles. The van der Waals surface area contributed by atoms with E-state index in [0.29, 0.717) is 49.2 Å². The van der Waals surface area contributed by atoms with Gasteiger partial charge in [0.05, 0.1) is 35.5 Å². The van der Waals surface area contributed by atoms with Gasteiger partial charge in [0, 0.05) is 37.3 Å². The molecule has 2 N–H and O–H groups in total. The molecule has 3 aromatic rings. The Kier molecular flexibility index (Phi) is 5.06. The van der Waals surface area contributed by atoms with E-state index in [9.17, 15) is 8.42 Å². The molecule has 1 aliphatic carbocycles. The van der Waals surface area contributed by atoms with Crippen LogP contribution in [0.25, 0.3) is 0 Å². The summed E-state index contributed by atoms with van der Waals surface area (Å²) in [5.74, 6) is 1.08.